The molecule has 5 rings (SSSR count). The Morgan fingerprint density at radius 2 is 1.55 bits per heavy atom. The number of likely N-dealkylation sites (tertiary alicyclic amines) is 1. The van der Waals surface area contributed by atoms with Crippen molar-refractivity contribution in [2.75, 3.05) is 19.6 Å². The van der Waals surface area contributed by atoms with Crippen LogP contribution in [0.15, 0.2) is 60.7 Å². The summed E-state index contributed by atoms with van der Waals surface area (Å²) in [6, 6.07) is 20.2. The highest BCUT2D eigenvalue weighted by Gasteiger charge is 2.55. The van der Waals surface area contributed by atoms with Crippen LogP contribution in [0.5, 0.6) is 0 Å². The van der Waals surface area contributed by atoms with E-state index in [-0.39, 0.29) is 11.8 Å². The molecule has 0 bridgehead atoms. The van der Waals surface area contributed by atoms with Crippen LogP contribution < -0.4 is 5.32 Å². The molecular formula is C27H34N2O2. The zero-order valence-corrected chi connectivity index (χ0v) is 18.2. The molecule has 0 aromatic heterocycles. The van der Waals surface area contributed by atoms with Gasteiger partial charge in [-0.3, -0.25) is 9.69 Å². The Bertz CT molecular complexity index is 869. The monoisotopic (exact) mass is 418 g/mol. The lowest BCUT2D eigenvalue weighted by Gasteiger charge is -2.37. The van der Waals surface area contributed by atoms with Crippen molar-refractivity contribution >= 4 is 5.91 Å². The minimum atomic E-state index is -1.41. The molecule has 4 heteroatoms. The lowest BCUT2D eigenvalue weighted by atomic mass is 9.73. The second-order valence-electron chi connectivity index (χ2n) is 9.85. The lowest BCUT2D eigenvalue weighted by Crippen LogP contribution is -2.50. The molecule has 2 unspecified atom stereocenters. The van der Waals surface area contributed by atoms with Gasteiger partial charge < -0.3 is 10.4 Å². The highest BCUT2D eigenvalue weighted by atomic mass is 16.3. The Hall–Kier alpha value is -2.17. The molecule has 0 radical (unpaired) electrons. The van der Waals surface area contributed by atoms with Crippen LogP contribution in [-0.2, 0) is 16.9 Å². The predicted octanol–water partition coefficient (Wildman–Crippen LogP) is 3.95. The molecule has 3 aliphatic rings. The molecule has 2 aliphatic carbocycles. The summed E-state index contributed by atoms with van der Waals surface area (Å²) in [5.41, 5.74) is 0.698. The highest BCUT2D eigenvalue weighted by Crippen LogP contribution is 2.51. The van der Waals surface area contributed by atoms with Crippen LogP contribution in [-0.4, -0.2) is 35.5 Å². The molecule has 2 N–H and O–H groups in total. The fraction of sp³-hybridized carbons (Fsp3) is 0.519. The van der Waals surface area contributed by atoms with Crippen molar-refractivity contribution < 1.29 is 9.90 Å². The first-order valence-electron chi connectivity index (χ1n) is 12.0. The van der Waals surface area contributed by atoms with Gasteiger partial charge in [0.05, 0.1) is 0 Å². The van der Waals surface area contributed by atoms with E-state index in [0.717, 1.165) is 50.9 Å². The van der Waals surface area contributed by atoms with Crippen molar-refractivity contribution in [2.45, 2.75) is 44.2 Å². The van der Waals surface area contributed by atoms with Gasteiger partial charge >= 0.3 is 0 Å². The second-order valence-corrected chi connectivity index (χ2v) is 9.85. The molecule has 4 atom stereocenters. The van der Waals surface area contributed by atoms with E-state index in [1.807, 2.05) is 30.3 Å². The average Bonchev–Trinajstić information content (AvgIpc) is 3.29. The van der Waals surface area contributed by atoms with E-state index in [2.05, 4.69) is 40.5 Å². The third kappa shape index (κ3) is 4.16. The zero-order valence-electron chi connectivity index (χ0n) is 18.2. The number of carbonyl (C=O) groups is 1. The van der Waals surface area contributed by atoms with Gasteiger partial charge in [0.2, 0.25) is 0 Å². The van der Waals surface area contributed by atoms with Crippen LogP contribution in [0, 0.1) is 23.7 Å². The molecule has 2 aromatic carbocycles. The van der Waals surface area contributed by atoms with E-state index in [1.165, 1.54) is 12.0 Å². The minimum absolute atomic E-state index is 0.00344. The number of nitrogens with one attached hydrogen (secondary N) is 1. The maximum atomic E-state index is 13.4. The van der Waals surface area contributed by atoms with Crippen LogP contribution in [0.2, 0.25) is 0 Å². The Morgan fingerprint density at radius 1 is 0.935 bits per heavy atom. The van der Waals surface area contributed by atoms with E-state index >= 15 is 0 Å². The number of aliphatic hydroxyl groups is 1. The summed E-state index contributed by atoms with van der Waals surface area (Å²) in [6.07, 6.45) is 5.23. The third-order valence-electron chi connectivity index (χ3n) is 7.95. The zero-order chi connectivity index (χ0) is 21.3. The maximum Gasteiger partial charge on any atom is 0.256 e. The molecule has 1 heterocycles. The first-order valence-corrected chi connectivity index (χ1v) is 12.0. The second kappa shape index (κ2) is 8.76. The quantitative estimate of drug-likeness (QED) is 0.716. The highest BCUT2D eigenvalue weighted by molar-refractivity contribution is 5.86. The lowest BCUT2D eigenvalue weighted by molar-refractivity contribution is -0.149. The standard InChI is InChI=1S/C27H34N2O2/c30-26(27(31,21-12-6-2-7-13-21)22-14-8-3-9-15-22)28-16-23-24-18-29(19-25(23)24)17-20-10-4-1-5-11-20/h1-2,4-7,10-13,22-25,31H,3,8-9,14-19H2,(H,28,30)/t23-,24-,25?,27?/m1/s1. The molecule has 2 saturated carbocycles. The predicted molar refractivity (Wildman–Crippen MR) is 122 cm³/mol. The van der Waals surface area contributed by atoms with Crippen molar-refractivity contribution in [1.29, 1.82) is 0 Å². The molecule has 1 saturated heterocycles. The smallest absolute Gasteiger partial charge is 0.256 e. The minimum Gasteiger partial charge on any atom is -0.375 e. The summed E-state index contributed by atoms with van der Waals surface area (Å²) < 4.78 is 0. The summed E-state index contributed by atoms with van der Waals surface area (Å²) in [5.74, 6) is 1.73. The number of benzene rings is 2. The molecule has 1 amide bonds. The van der Waals surface area contributed by atoms with Gasteiger partial charge in [-0.1, -0.05) is 79.9 Å². The van der Waals surface area contributed by atoms with Crippen molar-refractivity contribution in [2.24, 2.45) is 23.7 Å². The van der Waals surface area contributed by atoms with Gasteiger partial charge in [0.15, 0.2) is 5.60 Å². The molecule has 4 nitrogen and oxygen atoms in total. The summed E-state index contributed by atoms with van der Waals surface area (Å²) in [5, 5.41) is 14.9. The van der Waals surface area contributed by atoms with Gasteiger partial charge in [0.1, 0.15) is 0 Å². The van der Waals surface area contributed by atoms with Crippen LogP contribution in [0.3, 0.4) is 0 Å². The molecule has 164 valence electrons. The molecule has 3 fully saturated rings. The van der Waals surface area contributed by atoms with E-state index in [0.29, 0.717) is 24.3 Å². The van der Waals surface area contributed by atoms with E-state index < -0.39 is 5.60 Å². The number of carbonyl (C=O) groups excluding carboxylic acids is 1. The Kier molecular flexibility index (Phi) is 5.85. The van der Waals surface area contributed by atoms with E-state index in [9.17, 15) is 9.90 Å². The fourth-order valence-corrected chi connectivity index (χ4v) is 6.12. The van der Waals surface area contributed by atoms with Gasteiger partial charge in [0, 0.05) is 32.1 Å². The van der Waals surface area contributed by atoms with E-state index in [4.69, 9.17) is 0 Å². The van der Waals surface area contributed by atoms with Gasteiger partial charge in [-0.25, -0.2) is 0 Å². The number of piperidine rings is 1. The number of hydrogen-bond acceptors (Lipinski definition) is 3. The first-order chi connectivity index (χ1) is 15.2. The molecule has 1 aliphatic heterocycles. The van der Waals surface area contributed by atoms with Crippen LogP contribution >= 0.6 is 0 Å². The van der Waals surface area contributed by atoms with Crippen molar-refractivity contribution in [1.82, 2.24) is 10.2 Å². The number of nitrogens with zero attached hydrogens (tertiary/aromatic N) is 1. The largest absolute Gasteiger partial charge is 0.375 e. The van der Waals surface area contributed by atoms with Crippen molar-refractivity contribution in [3.05, 3.63) is 71.8 Å². The summed E-state index contributed by atoms with van der Waals surface area (Å²) in [6.45, 7) is 3.94. The number of fused-ring (bicyclic) bond motifs is 1. The Labute approximate surface area is 185 Å². The number of rotatable bonds is 7. The van der Waals surface area contributed by atoms with Crippen LogP contribution in [0.25, 0.3) is 0 Å². The Morgan fingerprint density at radius 3 is 2.19 bits per heavy atom. The average molecular weight is 419 g/mol. The van der Waals surface area contributed by atoms with Crippen molar-refractivity contribution in [3.8, 4) is 0 Å². The summed E-state index contributed by atoms with van der Waals surface area (Å²) >= 11 is 0. The topological polar surface area (TPSA) is 52.6 Å². The first kappa shape index (κ1) is 20.7. The normalized spacial score (nSPS) is 28.0. The number of hydrogen-bond donors (Lipinski definition) is 2. The van der Waals surface area contributed by atoms with Gasteiger partial charge in [-0.05, 0) is 41.7 Å². The van der Waals surface area contributed by atoms with Crippen LogP contribution in [0.4, 0.5) is 0 Å². The molecule has 31 heavy (non-hydrogen) atoms. The Balaban J connectivity index is 1.18. The molecule has 0 spiro atoms. The maximum absolute atomic E-state index is 13.4. The number of amides is 1. The van der Waals surface area contributed by atoms with E-state index in [1.54, 1.807) is 0 Å². The summed E-state index contributed by atoms with van der Waals surface area (Å²) in [4.78, 5) is 15.9. The van der Waals surface area contributed by atoms with Gasteiger partial charge in [-0.15, -0.1) is 0 Å². The summed E-state index contributed by atoms with van der Waals surface area (Å²) in [7, 11) is 0. The van der Waals surface area contributed by atoms with Gasteiger partial charge in [-0.2, -0.15) is 0 Å². The molecule has 2 aromatic rings. The molecular weight excluding hydrogens is 384 g/mol. The van der Waals surface area contributed by atoms with Gasteiger partial charge in [0.25, 0.3) is 5.91 Å². The fourth-order valence-electron chi connectivity index (χ4n) is 6.12. The van der Waals surface area contributed by atoms with Crippen molar-refractivity contribution in [3.63, 3.8) is 0 Å². The third-order valence-corrected chi connectivity index (χ3v) is 7.95. The van der Waals surface area contributed by atoms with Crippen LogP contribution in [0.1, 0.15) is 43.2 Å². The SMILES string of the molecule is O=C(NC[C@H]1C2CN(Cc3ccccc3)C[C@@H]21)C(O)(c1ccccc1)C1CCCCC1.